The van der Waals surface area contributed by atoms with Crippen molar-refractivity contribution in [3.8, 4) is 0 Å². The van der Waals surface area contributed by atoms with Crippen LogP contribution in [0.5, 0.6) is 0 Å². The molecule has 6 heteroatoms. The number of hydrogen-bond acceptors (Lipinski definition) is 4. The van der Waals surface area contributed by atoms with Gasteiger partial charge in [0.15, 0.2) is 5.60 Å². The molecule has 3 rings (SSSR count). The number of likely N-dealkylation sites (tertiary alicyclic amines) is 1. The number of rotatable bonds is 4. The van der Waals surface area contributed by atoms with Crippen LogP contribution in [0.2, 0.25) is 0 Å². The number of benzene rings is 1. The van der Waals surface area contributed by atoms with E-state index in [4.69, 9.17) is 0 Å². The maximum absolute atomic E-state index is 13.7. The van der Waals surface area contributed by atoms with Crippen LogP contribution in [0.4, 0.5) is 4.39 Å². The minimum Gasteiger partial charge on any atom is -0.379 e. The second-order valence-electron chi connectivity index (χ2n) is 6.45. The van der Waals surface area contributed by atoms with E-state index in [2.05, 4.69) is 10.2 Å². The summed E-state index contributed by atoms with van der Waals surface area (Å²) in [5.74, 6) is 0.939. The van der Waals surface area contributed by atoms with Crippen LogP contribution >= 0.6 is 11.8 Å². The summed E-state index contributed by atoms with van der Waals surface area (Å²) in [4.78, 5) is 14.4. The van der Waals surface area contributed by atoms with Crippen LogP contribution < -0.4 is 5.32 Å². The van der Waals surface area contributed by atoms with Gasteiger partial charge in [-0.2, -0.15) is 11.8 Å². The third kappa shape index (κ3) is 4.05. The molecule has 1 aromatic carbocycles. The smallest absolute Gasteiger partial charge is 0.253 e. The Morgan fingerprint density at radius 3 is 2.78 bits per heavy atom. The second kappa shape index (κ2) is 7.20. The molecule has 0 unspecified atom stereocenters. The van der Waals surface area contributed by atoms with E-state index in [0.717, 1.165) is 31.7 Å². The van der Waals surface area contributed by atoms with Crippen LogP contribution in [0, 0.1) is 5.82 Å². The van der Waals surface area contributed by atoms with E-state index in [0.29, 0.717) is 24.3 Å². The first-order valence-electron chi connectivity index (χ1n) is 8.14. The van der Waals surface area contributed by atoms with Gasteiger partial charge in [0.25, 0.3) is 5.91 Å². The lowest BCUT2D eigenvalue weighted by atomic mass is 9.99. The van der Waals surface area contributed by atoms with Crippen molar-refractivity contribution in [1.29, 1.82) is 0 Å². The molecule has 2 aliphatic rings. The molecule has 0 aromatic heterocycles. The highest BCUT2D eigenvalue weighted by molar-refractivity contribution is 7.99. The molecule has 1 atom stereocenters. The Kier molecular flexibility index (Phi) is 5.24. The summed E-state index contributed by atoms with van der Waals surface area (Å²) in [5.41, 5.74) is -0.470. The molecule has 2 heterocycles. The van der Waals surface area contributed by atoms with Gasteiger partial charge in [-0.15, -0.1) is 0 Å². The van der Waals surface area contributed by atoms with Crippen molar-refractivity contribution in [2.45, 2.75) is 37.5 Å². The maximum atomic E-state index is 13.7. The molecular weight excluding hydrogens is 315 g/mol. The van der Waals surface area contributed by atoms with Gasteiger partial charge in [0, 0.05) is 37.0 Å². The van der Waals surface area contributed by atoms with E-state index in [1.165, 1.54) is 6.07 Å². The molecule has 0 bridgehead atoms. The topological polar surface area (TPSA) is 52.6 Å². The number of carbonyl (C=O) groups excluding carboxylic acids is 1. The Labute approximate surface area is 140 Å². The number of aliphatic hydroxyl groups is 1. The van der Waals surface area contributed by atoms with Gasteiger partial charge >= 0.3 is 0 Å². The van der Waals surface area contributed by atoms with Crippen molar-refractivity contribution in [3.63, 3.8) is 0 Å². The van der Waals surface area contributed by atoms with Crippen molar-refractivity contribution >= 4 is 17.7 Å². The second-order valence-corrected chi connectivity index (χ2v) is 7.55. The summed E-state index contributed by atoms with van der Waals surface area (Å²) in [6.07, 6.45) is 2.21. The molecule has 1 aromatic rings. The van der Waals surface area contributed by atoms with Crippen molar-refractivity contribution in [2.24, 2.45) is 0 Å². The average molecular weight is 338 g/mol. The zero-order valence-corrected chi connectivity index (χ0v) is 13.9. The number of thioether (sulfide) groups is 1. The number of piperidine rings is 1. The van der Waals surface area contributed by atoms with Crippen LogP contribution in [0.3, 0.4) is 0 Å². The molecule has 126 valence electrons. The molecule has 0 spiro atoms. The van der Waals surface area contributed by atoms with Crippen molar-refractivity contribution < 1.29 is 14.3 Å². The van der Waals surface area contributed by atoms with E-state index >= 15 is 0 Å². The largest absolute Gasteiger partial charge is 0.379 e. The lowest BCUT2D eigenvalue weighted by molar-refractivity contribution is -0.138. The van der Waals surface area contributed by atoms with Gasteiger partial charge in [-0.05, 0) is 31.1 Å². The lowest BCUT2D eigenvalue weighted by Crippen LogP contribution is -2.53. The van der Waals surface area contributed by atoms with E-state index < -0.39 is 5.60 Å². The molecule has 4 nitrogen and oxygen atoms in total. The number of nitrogens with one attached hydrogen (secondary N) is 1. The van der Waals surface area contributed by atoms with Gasteiger partial charge in [-0.25, -0.2) is 4.39 Å². The number of hydrogen-bond donors (Lipinski definition) is 2. The standard InChI is InChI=1S/C17H23FN2O2S/c18-15-4-2-1-3-13(15)11-20-8-5-14(6-9-20)19-16(21)17(22)7-10-23-12-17/h1-4,14,22H,5-12H2,(H,19,21)/t17-/m1/s1. The summed E-state index contributed by atoms with van der Waals surface area (Å²) in [6.45, 7) is 2.26. The van der Waals surface area contributed by atoms with Gasteiger partial charge in [0.1, 0.15) is 5.82 Å². The summed E-state index contributed by atoms with van der Waals surface area (Å²) in [6, 6.07) is 6.96. The lowest BCUT2D eigenvalue weighted by Gasteiger charge is -2.33. The van der Waals surface area contributed by atoms with Crippen LogP contribution in [0.1, 0.15) is 24.8 Å². The minimum atomic E-state index is -1.19. The molecule has 2 saturated heterocycles. The Morgan fingerprint density at radius 2 is 2.13 bits per heavy atom. The van der Waals surface area contributed by atoms with E-state index in [1.54, 1.807) is 17.8 Å². The molecule has 0 radical (unpaired) electrons. The van der Waals surface area contributed by atoms with Crippen molar-refractivity contribution in [1.82, 2.24) is 10.2 Å². The van der Waals surface area contributed by atoms with Crippen molar-refractivity contribution in [3.05, 3.63) is 35.6 Å². The number of nitrogens with zero attached hydrogens (tertiary/aromatic N) is 1. The minimum absolute atomic E-state index is 0.106. The fourth-order valence-electron chi connectivity index (χ4n) is 3.16. The van der Waals surface area contributed by atoms with Crippen LogP contribution in [0.25, 0.3) is 0 Å². The van der Waals surface area contributed by atoms with Crippen LogP contribution in [-0.2, 0) is 11.3 Å². The Bertz CT molecular complexity index is 555. The highest BCUT2D eigenvalue weighted by Gasteiger charge is 2.40. The fourth-order valence-corrected chi connectivity index (χ4v) is 4.40. The number of amides is 1. The van der Waals surface area contributed by atoms with Gasteiger partial charge in [-0.1, -0.05) is 18.2 Å². The van der Waals surface area contributed by atoms with Gasteiger partial charge in [0.2, 0.25) is 0 Å². The number of halogens is 1. The van der Waals surface area contributed by atoms with E-state index in [-0.39, 0.29) is 17.8 Å². The summed E-state index contributed by atoms with van der Waals surface area (Å²) in [5, 5.41) is 13.3. The Morgan fingerprint density at radius 1 is 1.39 bits per heavy atom. The third-order valence-electron chi connectivity index (χ3n) is 4.70. The van der Waals surface area contributed by atoms with E-state index in [1.807, 2.05) is 12.1 Å². The maximum Gasteiger partial charge on any atom is 0.253 e. The third-order valence-corrected chi connectivity index (χ3v) is 5.87. The fraction of sp³-hybridized carbons (Fsp3) is 0.588. The Balaban J connectivity index is 1.47. The predicted molar refractivity (Wildman–Crippen MR) is 89.7 cm³/mol. The van der Waals surface area contributed by atoms with Gasteiger partial charge < -0.3 is 10.4 Å². The highest BCUT2D eigenvalue weighted by Crippen LogP contribution is 2.28. The molecule has 2 aliphatic heterocycles. The highest BCUT2D eigenvalue weighted by atomic mass is 32.2. The zero-order chi connectivity index (χ0) is 16.3. The van der Waals surface area contributed by atoms with Crippen LogP contribution in [0.15, 0.2) is 24.3 Å². The zero-order valence-electron chi connectivity index (χ0n) is 13.1. The average Bonchev–Trinajstić information content (AvgIpc) is 3.00. The first-order chi connectivity index (χ1) is 11.1. The quantitative estimate of drug-likeness (QED) is 0.879. The van der Waals surface area contributed by atoms with Crippen molar-refractivity contribution in [2.75, 3.05) is 24.6 Å². The SMILES string of the molecule is O=C(NC1CCN(Cc2ccccc2F)CC1)[C@@]1(O)CCSC1. The van der Waals surface area contributed by atoms with E-state index in [9.17, 15) is 14.3 Å². The molecular formula is C17H23FN2O2S. The molecule has 1 amide bonds. The Hall–Kier alpha value is -1.11. The number of carbonyl (C=O) groups is 1. The molecule has 2 N–H and O–H groups in total. The monoisotopic (exact) mass is 338 g/mol. The normalized spacial score (nSPS) is 26.3. The summed E-state index contributed by atoms with van der Waals surface area (Å²) < 4.78 is 13.7. The molecule has 2 fully saturated rings. The summed E-state index contributed by atoms with van der Waals surface area (Å²) >= 11 is 1.62. The first-order valence-corrected chi connectivity index (χ1v) is 9.29. The van der Waals surface area contributed by atoms with Gasteiger partial charge in [-0.3, -0.25) is 9.69 Å². The molecule has 23 heavy (non-hydrogen) atoms. The first kappa shape index (κ1) is 16.7. The summed E-state index contributed by atoms with van der Waals surface area (Å²) in [7, 11) is 0. The van der Waals surface area contributed by atoms with Gasteiger partial charge in [0.05, 0.1) is 0 Å². The molecule has 0 saturated carbocycles. The predicted octanol–water partition coefficient (Wildman–Crippen LogP) is 1.77. The molecule has 0 aliphatic carbocycles. The van der Waals surface area contributed by atoms with Crippen LogP contribution in [-0.4, -0.2) is 52.2 Å².